The molecule has 3 heterocycles. The number of nitrogens with two attached hydrogens (primary N) is 1. The number of nitrogens with one attached hydrogen (secondary N) is 1. The number of benzene rings is 2. The molecule has 6 nitrogen and oxygen atoms in total. The summed E-state index contributed by atoms with van der Waals surface area (Å²) in [4.78, 5) is 15.4. The summed E-state index contributed by atoms with van der Waals surface area (Å²) in [6.07, 6.45) is 2.70. The Morgan fingerprint density at radius 1 is 1.09 bits per heavy atom. The van der Waals surface area contributed by atoms with Crippen molar-refractivity contribution < 1.29 is 14.1 Å². The number of anilines is 1. The van der Waals surface area contributed by atoms with Crippen molar-refractivity contribution >= 4 is 24.2 Å². The van der Waals surface area contributed by atoms with Gasteiger partial charge >= 0.3 is 7.12 Å². The molecule has 3 aliphatic rings. The van der Waals surface area contributed by atoms with Gasteiger partial charge in [-0.1, -0.05) is 36.4 Å². The third-order valence-electron chi connectivity index (χ3n) is 8.18. The second kappa shape index (κ2) is 8.70. The molecule has 1 unspecified atom stereocenters. The van der Waals surface area contributed by atoms with Crippen LogP contribution in [0.4, 0.5) is 5.69 Å². The molecule has 34 heavy (non-hydrogen) atoms. The van der Waals surface area contributed by atoms with Crippen molar-refractivity contribution in [3.05, 3.63) is 59.2 Å². The standard InChI is InChI=1S/C27H36BN3O3/c1-26(2)27(3,4)34-28(33-26)22-9-8-21-15-24(30-23(21)16-22)25(32)31-12-10-19(11-13-31)20-7-5-6-18(14-20)17-29/h5-9,14,16,19,24,30H,10-13,15,17,29H2,1-4H3. The van der Waals surface area contributed by atoms with E-state index in [1.165, 1.54) is 16.7 Å². The van der Waals surface area contributed by atoms with Gasteiger partial charge in [-0.15, -0.1) is 0 Å². The van der Waals surface area contributed by atoms with Crippen molar-refractivity contribution in [3.63, 3.8) is 0 Å². The minimum Gasteiger partial charge on any atom is -0.399 e. The zero-order chi connectivity index (χ0) is 24.1. The van der Waals surface area contributed by atoms with Gasteiger partial charge in [0.2, 0.25) is 5.91 Å². The van der Waals surface area contributed by atoms with Gasteiger partial charge in [-0.3, -0.25) is 4.79 Å². The minimum atomic E-state index is -0.399. The Morgan fingerprint density at radius 2 is 1.79 bits per heavy atom. The van der Waals surface area contributed by atoms with E-state index in [-0.39, 0.29) is 23.2 Å². The summed E-state index contributed by atoms with van der Waals surface area (Å²) >= 11 is 0. The Bertz CT molecular complexity index is 1060. The molecule has 180 valence electrons. The number of hydrogen-bond donors (Lipinski definition) is 2. The second-order valence-corrected chi connectivity index (χ2v) is 11.0. The lowest BCUT2D eigenvalue weighted by atomic mass is 9.78. The van der Waals surface area contributed by atoms with Gasteiger partial charge in [0.15, 0.2) is 0 Å². The van der Waals surface area contributed by atoms with E-state index in [0.717, 1.165) is 43.5 Å². The number of likely N-dealkylation sites (tertiary alicyclic amines) is 1. The lowest BCUT2D eigenvalue weighted by molar-refractivity contribution is -0.132. The number of fused-ring (bicyclic) bond motifs is 1. The fourth-order valence-corrected chi connectivity index (χ4v) is 5.27. The Labute approximate surface area is 203 Å². The van der Waals surface area contributed by atoms with Gasteiger partial charge in [-0.25, -0.2) is 0 Å². The fourth-order valence-electron chi connectivity index (χ4n) is 5.27. The molecule has 7 heteroatoms. The smallest absolute Gasteiger partial charge is 0.399 e. The Kier molecular flexibility index (Phi) is 5.99. The molecule has 2 aromatic rings. The Morgan fingerprint density at radius 3 is 2.47 bits per heavy atom. The zero-order valence-corrected chi connectivity index (χ0v) is 20.8. The first kappa shape index (κ1) is 23.4. The fraction of sp³-hybridized carbons (Fsp3) is 0.519. The van der Waals surface area contributed by atoms with Crippen molar-refractivity contribution in [2.24, 2.45) is 5.73 Å². The van der Waals surface area contributed by atoms with Crippen LogP contribution in [0, 0.1) is 0 Å². The summed E-state index contributed by atoms with van der Waals surface area (Å²) in [5.74, 6) is 0.689. The van der Waals surface area contributed by atoms with Crippen LogP contribution in [0.1, 0.15) is 63.1 Å². The molecule has 0 bridgehead atoms. The topological polar surface area (TPSA) is 76.8 Å². The quantitative estimate of drug-likeness (QED) is 0.685. The van der Waals surface area contributed by atoms with Crippen LogP contribution in [-0.2, 0) is 27.1 Å². The van der Waals surface area contributed by atoms with E-state index in [4.69, 9.17) is 15.0 Å². The molecule has 2 fully saturated rings. The number of carbonyl (C=O) groups is 1. The van der Waals surface area contributed by atoms with E-state index in [1.54, 1.807) is 0 Å². The third-order valence-corrected chi connectivity index (χ3v) is 8.18. The average molecular weight is 461 g/mol. The summed E-state index contributed by atoms with van der Waals surface area (Å²) in [6.45, 7) is 10.4. The lowest BCUT2D eigenvalue weighted by Crippen LogP contribution is -2.45. The lowest BCUT2D eigenvalue weighted by Gasteiger charge is -2.34. The van der Waals surface area contributed by atoms with E-state index in [9.17, 15) is 4.79 Å². The number of hydrogen-bond acceptors (Lipinski definition) is 5. The highest BCUT2D eigenvalue weighted by Crippen LogP contribution is 2.37. The molecule has 1 atom stereocenters. The molecule has 0 aliphatic carbocycles. The highest BCUT2D eigenvalue weighted by Gasteiger charge is 2.52. The highest BCUT2D eigenvalue weighted by atomic mass is 16.7. The number of nitrogens with zero attached hydrogens (tertiary/aromatic N) is 1. The molecule has 0 saturated carbocycles. The van der Waals surface area contributed by atoms with Gasteiger partial charge in [0.25, 0.3) is 0 Å². The predicted molar refractivity (Wildman–Crippen MR) is 136 cm³/mol. The zero-order valence-electron chi connectivity index (χ0n) is 20.8. The maximum atomic E-state index is 13.3. The van der Waals surface area contributed by atoms with Gasteiger partial charge in [0, 0.05) is 31.7 Å². The number of amides is 1. The van der Waals surface area contributed by atoms with Crippen LogP contribution in [0.3, 0.4) is 0 Å². The van der Waals surface area contributed by atoms with Gasteiger partial charge in [0.1, 0.15) is 6.04 Å². The Hall–Kier alpha value is -2.35. The molecule has 2 saturated heterocycles. The molecule has 0 spiro atoms. The number of rotatable bonds is 4. The van der Waals surface area contributed by atoms with Crippen molar-refractivity contribution in [1.82, 2.24) is 4.90 Å². The molecular weight excluding hydrogens is 425 g/mol. The summed E-state index contributed by atoms with van der Waals surface area (Å²) in [7, 11) is -0.399. The van der Waals surface area contributed by atoms with Gasteiger partial charge in [-0.05, 0) is 74.7 Å². The van der Waals surface area contributed by atoms with Crippen LogP contribution < -0.4 is 16.5 Å². The largest absolute Gasteiger partial charge is 0.494 e. The summed E-state index contributed by atoms with van der Waals surface area (Å²) in [5.41, 5.74) is 10.7. The maximum absolute atomic E-state index is 13.3. The molecule has 0 radical (unpaired) electrons. The van der Waals surface area contributed by atoms with Gasteiger partial charge in [-0.2, -0.15) is 0 Å². The number of carbonyl (C=O) groups excluding carboxylic acids is 1. The minimum absolute atomic E-state index is 0.197. The molecule has 3 N–H and O–H groups in total. The predicted octanol–water partition coefficient (Wildman–Crippen LogP) is 3.19. The molecule has 2 aromatic carbocycles. The van der Waals surface area contributed by atoms with E-state index in [1.807, 2.05) is 4.90 Å². The van der Waals surface area contributed by atoms with Crippen molar-refractivity contribution in [1.29, 1.82) is 0 Å². The average Bonchev–Trinajstić information content (AvgIpc) is 3.35. The summed E-state index contributed by atoms with van der Waals surface area (Å²) in [6, 6.07) is 14.6. The molecule has 0 aromatic heterocycles. The van der Waals surface area contributed by atoms with E-state index in [0.29, 0.717) is 12.5 Å². The van der Waals surface area contributed by atoms with Crippen LogP contribution in [-0.4, -0.2) is 48.3 Å². The van der Waals surface area contributed by atoms with Crippen LogP contribution in [0.5, 0.6) is 0 Å². The summed E-state index contributed by atoms with van der Waals surface area (Å²) < 4.78 is 12.4. The molecular formula is C27H36BN3O3. The first-order valence-electron chi connectivity index (χ1n) is 12.5. The Balaban J connectivity index is 1.20. The van der Waals surface area contributed by atoms with Crippen molar-refractivity contribution in [2.45, 2.75) is 76.7 Å². The van der Waals surface area contributed by atoms with Crippen molar-refractivity contribution in [3.8, 4) is 0 Å². The molecule has 5 rings (SSSR count). The third kappa shape index (κ3) is 4.25. The first-order valence-corrected chi connectivity index (χ1v) is 12.5. The normalized spacial score (nSPS) is 23.6. The van der Waals surface area contributed by atoms with E-state index in [2.05, 4.69) is 75.5 Å². The van der Waals surface area contributed by atoms with E-state index >= 15 is 0 Å². The second-order valence-electron chi connectivity index (χ2n) is 11.0. The van der Waals surface area contributed by atoms with Crippen LogP contribution >= 0.6 is 0 Å². The molecule has 1 amide bonds. The maximum Gasteiger partial charge on any atom is 0.494 e. The first-order chi connectivity index (χ1) is 16.2. The van der Waals surface area contributed by atoms with Crippen LogP contribution in [0.2, 0.25) is 0 Å². The van der Waals surface area contributed by atoms with Crippen LogP contribution in [0.25, 0.3) is 0 Å². The van der Waals surface area contributed by atoms with Crippen LogP contribution in [0.15, 0.2) is 42.5 Å². The van der Waals surface area contributed by atoms with Crippen molar-refractivity contribution in [2.75, 3.05) is 18.4 Å². The van der Waals surface area contributed by atoms with E-state index < -0.39 is 7.12 Å². The number of piperidine rings is 1. The van der Waals surface area contributed by atoms with Gasteiger partial charge < -0.3 is 25.3 Å². The molecule has 3 aliphatic heterocycles. The monoisotopic (exact) mass is 461 g/mol. The van der Waals surface area contributed by atoms with Gasteiger partial charge in [0.05, 0.1) is 11.2 Å². The highest BCUT2D eigenvalue weighted by molar-refractivity contribution is 6.62. The summed E-state index contributed by atoms with van der Waals surface area (Å²) in [5, 5.41) is 3.48. The SMILES string of the molecule is CC1(C)OB(c2ccc3c(c2)NC(C(=O)N2CCC(c4cccc(CN)c4)CC2)C3)OC1(C)C.